The summed E-state index contributed by atoms with van der Waals surface area (Å²) in [7, 11) is 3.09. The van der Waals surface area contributed by atoms with Crippen molar-refractivity contribution in [1.82, 2.24) is 44.9 Å². The molecule has 0 radical (unpaired) electrons. The maximum absolute atomic E-state index is 14.8. The van der Waals surface area contributed by atoms with Crippen LogP contribution in [0.15, 0.2) is 54.7 Å². The minimum atomic E-state index is -1.20. The zero-order valence-electron chi connectivity index (χ0n) is 43.9. The number of hydrogen-bond acceptors (Lipinski definition) is 12. The lowest BCUT2D eigenvalue weighted by molar-refractivity contribution is -0.155. The number of nitrogens with one attached hydrogen (secondary N) is 2. The van der Waals surface area contributed by atoms with Crippen LogP contribution in [0.5, 0.6) is 5.75 Å². The van der Waals surface area contributed by atoms with Crippen LogP contribution < -0.4 is 10.7 Å². The highest BCUT2D eigenvalue weighted by Crippen LogP contribution is 2.42. The molecule has 5 atom stereocenters. The molecule has 73 heavy (non-hydrogen) atoms. The topological polar surface area (TPSA) is 199 Å². The summed E-state index contributed by atoms with van der Waals surface area (Å²) in [5.41, 5.74) is 9.94. The molecule has 2 aromatic carbocycles. The lowest BCUT2D eigenvalue weighted by Crippen LogP contribution is -2.62. The average Bonchev–Trinajstić information content (AvgIpc) is 3.91. The Kier molecular flexibility index (Phi) is 15.8. The molecule has 3 N–H and O–H groups in total. The molecular formula is C55H73N9O9. The number of benzene rings is 2. The Hall–Kier alpha value is -6.53. The molecule has 4 aromatic rings. The van der Waals surface area contributed by atoms with Crippen molar-refractivity contribution >= 4 is 46.6 Å². The van der Waals surface area contributed by atoms with Gasteiger partial charge in [0.25, 0.3) is 5.91 Å². The quantitative estimate of drug-likeness (QED) is 0.109. The average molecular weight is 1000 g/mol. The first-order valence-corrected chi connectivity index (χ1v) is 25.9. The second-order valence-corrected chi connectivity index (χ2v) is 21.7. The van der Waals surface area contributed by atoms with Gasteiger partial charge >= 0.3 is 12.1 Å². The fourth-order valence-corrected chi connectivity index (χ4v) is 10.8. The van der Waals surface area contributed by atoms with Crippen LogP contribution in [0.25, 0.3) is 33.3 Å². The van der Waals surface area contributed by atoms with Crippen molar-refractivity contribution in [1.29, 1.82) is 0 Å². The van der Waals surface area contributed by atoms with Gasteiger partial charge in [0.05, 0.1) is 31.1 Å². The monoisotopic (exact) mass is 1000 g/mol. The van der Waals surface area contributed by atoms with Gasteiger partial charge in [-0.05, 0) is 103 Å². The first-order chi connectivity index (χ1) is 34.7. The van der Waals surface area contributed by atoms with Gasteiger partial charge < -0.3 is 39.2 Å². The maximum atomic E-state index is 14.8. The zero-order chi connectivity index (χ0) is 52.5. The number of esters is 1. The molecule has 8 rings (SSSR count). The van der Waals surface area contributed by atoms with E-state index in [0.29, 0.717) is 76.1 Å². The molecule has 6 bridgehead atoms. The molecule has 3 fully saturated rings. The van der Waals surface area contributed by atoms with Gasteiger partial charge in [0.15, 0.2) is 0 Å². The summed E-state index contributed by atoms with van der Waals surface area (Å²) in [6.45, 7) is 17.6. The first-order valence-electron chi connectivity index (χ1n) is 25.9. The van der Waals surface area contributed by atoms with Crippen LogP contribution in [0.2, 0.25) is 0 Å². The van der Waals surface area contributed by atoms with Crippen molar-refractivity contribution in [3.05, 3.63) is 71.5 Å². The number of aromatic nitrogens is 2. The van der Waals surface area contributed by atoms with Crippen LogP contribution in [0.1, 0.15) is 90.5 Å². The van der Waals surface area contributed by atoms with Crippen LogP contribution in [0.4, 0.5) is 4.79 Å². The molecule has 18 nitrogen and oxygen atoms in total. The van der Waals surface area contributed by atoms with Crippen LogP contribution >= 0.6 is 0 Å². The third-order valence-electron chi connectivity index (χ3n) is 14.7. The molecule has 18 heteroatoms. The Labute approximate surface area is 428 Å². The van der Waals surface area contributed by atoms with Crippen molar-refractivity contribution in [3.63, 3.8) is 0 Å². The van der Waals surface area contributed by atoms with Gasteiger partial charge in [-0.1, -0.05) is 53.7 Å². The number of rotatable bonds is 14. The number of phenols is 1. The van der Waals surface area contributed by atoms with Crippen molar-refractivity contribution in [2.45, 2.75) is 117 Å². The van der Waals surface area contributed by atoms with E-state index in [-0.39, 0.29) is 55.8 Å². The summed E-state index contributed by atoms with van der Waals surface area (Å²) in [4.78, 5) is 93.8. The lowest BCUT2D eigenvalue weighted by atomic mass is 9.83. The maximum Gasteiger partial charge on any atom is 0.409 e. The number of aromatic hydroxyl groups is 1. The van der Waals surface area contributed by atoms with Gasteiger partial charge in [-0.25, -0.2) is 10.2 Å². The smallest absolute Gasteiger partial charge is 0.409 e. The van der Waals surface area contributed by atoms with Crippen molar-refractivity contribution in [3.8, 4) is 28.1 Å². The number of cyclic esters (lactones) is 2. The molecule has 392 valence electrons. The van der Waals surface area contributed by atoms with Crippen molar-refractivity contribution < 1.29 is 43.3 Å². The summed E-state index contributed by atoms with van der Waals surface area (Å²) >= 11 is 0. The number of phenolic OH excluding ortho intramolecular Hbond substituents is 1. The summed E-state index contributed by atoms with van der Waals surface area (Å²) in [6, 6.07) is 12.1. The zero-order valence-corrected chi connectivity index (χ0v) is 43.9. The number of pyridine rings is 1. The Bertz CT molecular complexity index is 2750. The SMILES string of the molecule is CCn1c(-c2cccnc2C(C)C)c2c3cc(ccc31)-c1cc(O)cc(c1)C[C@H](NC(=O)[C@H](C(C)C)N(C)C(=O)CN(C)C(=O)[C@H]1CN1CCCN1CCOC1=O)C(=O)N1CCC[C@H](N1)C(=O)OCC(C)(C)C2. The van der Waals surface area contributed by atoms with Gasteiger partial charge in [0.1, 0.15) is 36.5 Å². The highest BCUT2D eigenvalue weighted by Gasteiger charge is 2.43. The molecule has 3 saturated heterocycles. The number of amides is 5. The molecule has 0 spiro atoms. The molecule has 5 amide bonds. The number of hydrogen-bond donors (Lipinski definition) is 3. The van der Waals surface area contributed by atoms with Gasteiger partial charge in [0.2, 0.25) is 17.7 Å². The van der Waals surface area contributed by atoms with Crippen molar-refractivity contribution in [2.75, 3.05) is 66.6 Å². The van der Waals surface area contributed by atoms with Gasteiger partial charge in [-0.3, -0.25) is 38.9 Å². The number of carbonyl (C=O) groups excluding carboxylic acids is 6. The van der Waals surface area contributed by atoms with E-state index >= 15 is 0 Å². The molecular weight excluding hydrogens is 931 g/mol. The summed E-state index contributed by atoms with van der Waals surface area (Å²) in [5, 5.41) is 16.8. The third-order valence-corrected chi connectivity index (χ3v) is 14.7. The summed E-state index contributed by atoms with van der Waals surface area (Å²) in [5.74, 6) is -2.49. The fraction of sp³-hybridized carbons (Fsp3) is 0.545. The summed E-state index contributed by atoms with van der Waals surface area (Å²) < 4.78 is 13.4. The van der Waals surface area contributed by atoms with E-state index in [1.165, 1.54) is 21.9 Å². The molecule has 6 heterocycles. The highest BCUT2D eigenvalue weighted by atomic mass is 16.6. The minimum Gasteiger partial charge on any atom is -0.508 e. The Morgan fingerprint density at radius 2 is 1.77 bits per heavy atom. The number of nitrogens with zero attached hydrogens (tertiary/aromatic N) is 7. The predicted molar refractivity (Wildman–Crippen MR) is 276 cm³/mol. The number of aryl methyl sites for hydroxylation is 1. The fourth-order valence-electron chi connectivity index (χ4n) is 10.8. The second-order valence-electron chi connectivity index (χ2n) is 21.7. The molecule has 0 aliphatic carbocycles. The largest absolute Gasteiger partial charge is 0.508 e. The molecule has 0 saturated carbocycles. The third kappa shape index (κ3) is 11.6. The standard InChI is InChI=1S/C55H73N9O9/c1-10-63-44-17-16-36-28-40(44)41(49(63)39-14-11-18-56-47(39)33(2)3)29-55(6,7)32-73-53(70)42-15-12-21-64(58-42)51(68)43(26-35-24-37(36)27-38(65)25-35)57-50(67)48(34(4)5)60(9)46(66)31-59(8)52(69)45-30-62(45)20-13-19-61-22-23-72-54(61)71/h11,14,16-18,24-25,27-28,33-34,42-43,45,48,58,65H,10,12-13,15,19-23,26,29-32H2,1-9H3,(H,57,67)/t42-,43-,45+,48-,62?/m0/s1. The highest BCUT2D eigenvalue weighted by molar-refractivity contribution is 5.96. The number of likely N-dealkylation sites (N-methyl/N-ethyl adjacent to an activating group) is 2. The molecule has 4 aliphatic rings. The minimum absolute atomic E-state index is 0.0180. The number of ether oxygens (including phenoxy) is 2. The van der Waals surface area contributed by atoms with Crippen LogP contribution in [0, 0.1) is 11.3 Å². The van der Waals surface area contributed by atoms with Gasteiger partial charge in [-0.15, -0.1) is 0 Å². The van der Waals surface area contributed by atoms with E-state index in [9.17, 15) is 33.9 Å². The van der Waals surface area contributed by atoms with Crippen LogP contribution in [-0.4, -0.2) is 166 Å². The van der Waals surface area contributed by atoms with Crippen LogP contribution in [-0.2, 0) is 52.8 Å². The normalized spacial score (nSPS) is 21.4. The predicted octanol–water partition coefficient (Wildman–Crippen LogP) is 5.34. The van der Waals surface area contributed by atoms with Gasteiger partial charge in [-0.2, -0.15) is 0 Å². The van der Waals surface area contributed by atoms with Gasteiger partial charge in [0, 0.05) is 81.3 Å². The Balaban J connectivity index is 1.08. The van der Waals surface area contributed by atoms with E-state index < -0.39 is 53.1 Å². The second kappa shape index (κ2) is 21.9. The summed E-state index contributed by atoms with van der Waals surface area (Å²) in [6.07, 6.45) is 3.65. The van der Waals surface area contributed by atoms with E-state index in [1.807, 2.05) is 43.1 Å². The van der Waals surface area contributed by atoms with Crippen LogP contribution in [0.3, 0.4) is 0 Å². The number of fused-ring (bicyclic) bond motifs is 6. The van der Waals surface area contributed by atoms with E-state index in [2.05, 4.69) is 68.1 Å². The molecule has 1 unspecified atom stereocenters. The Morgan fingerprint density at radius 3 is 2.48 bits per heavy atom. The van der Waals surface area contributed by atoms with E-state index in [1.54, 1.807) is 24.1 Å². The van der Waals surface area contributed by atoms with Crippen molar-refractivity contribution in [2.24, 2.45) is 11.3 Å². The van der Waals surface area contributed by atoms with E-state index in [4.69, 9.17) is 14.5 Å². The number of carbonyl (C=O) groups is 6. The Morgan fingerprint density at radius 1 is 0.986 bits per heavy atom. The molecule has 4 aliphatic heterocycles. The lowest BCUT2D eigenvalue weighted by Gasteiger charge is -2.37. The first kappa shape index (κ1) is 52.8. The van der Waals surface area contributed by atoms with E-state index in [0.717, 1.165) is 39.0 Å². The molecule has 2 aromatic heterocycles. The number of hydrazine groups is 1.